The SMILES string of the molecule is [2H]C([2H])([2H])NC(=O)c1cnc(Nc2cc(F)c(F)cn2)cc1Nc1cn(C)c2c(F)cn(C)c(=O)c12. The number of carbonyl (C=O) groups is 1. The van der Waals surface area contributed by atoms with Gasteiger partial charge >= 0.3 is 0 Å². The van der Waals surface area contributed by atoms with Gasteiger partial charge in [-0.3, -0.25) is 9.59 Å². The largest absolute Gasteiger partial charge is 0.355 e. The monoisotopic (exact) mass is 460 g/mol. The van der Waals surface area contributed by atoms with E-state index in [9.17, 15) is 22.8 Å². The van der Waals surface area contributed by atoms with Crippen LogP contribution in [0, 0.1) is 17.5 Å². The Morgan fingerprint density at radius 3 is 2.39 bits per heavy atom. The molecule has 0 fully saturated rings. The molecule has 0 bridgehead atoms. The molecule has 4 aromatic rings. The van der Waals surface area contributed by atoms with Crippen molar-refractivity contribution in [2.24, 2.45) is 14.1 Å². The molecule has 12 heteroatoms. The average Bonchev–Trinajstić information content (AvgIpc) is 3.10. The number of aromatic nitrogens is 4. The van der Waals surface area contributed by atoms with E-state index in [4.69, 9.17) is 4.11 Å². The average molecular weight is 460 g/mol. The first-order chi connectivity index (χ1) is 16.8. The molecule has 170 valence electrons. The number of hydrogen-bond acceptors (Lipinski definition) is 6. The van der Waals surface area contributed by atoms with Crippen molar-refractivity contribution in [1.82, 2.24) is 24.4 Å². The molecule has 0 radical (unpaired) electrons. The van der Waals surface area contributed by atoms with Crippen molar-refractivity contribution in [3.05, 3.63) is 70.3 Å². The highest BCUT2D eigenvalue weighted by atomic mass is 19.2. The Hall–Kier alpha value is -4.35. The summed E-state index contributed by atoms with van der Waals surface area (Å²) in [5.74, 6) is -4.08. The van der Waals surface area contributed by atoms with Crippen molar-refractivity contribution in [3.63, 3.8) is 0 Å². The van der Waals surface area contributed by atoms with Gasteiger partial charge in [-0.15, -0.1) is 0 Å². The number of carbonyl (C=O) groups excluding carboxylic acids is 1. The summed E-state index contributed by atoms with van der Waals surface area (Å²) >= 11 is 0. The second-order valence-corrected chi connectivity index (χ2v) is 7.07. The Morgan fingerprint density at radius 2 is 1.67 bits per heavy atom. The van der Waals surface area contributed by atoms with Crippen LogP contribution in [-0.2, 0) is 14.1 Å². The first-order valence-corrected chi connectivity index (χ1v) is 9.36. The Bertz CT molecular complexity index is 1570. The summed E-state index contributed by atoms with van der Waals surface area (Å²) < 4.78 is 65.7. The number of anilines is 4. The summed E-state index contributed by atoms with van der Waals surface area (Å²) in [7, 11) is 2.90. The van der Waals surface area contributed by atoms with Crippen LogP contribution in [0.25, 0.3) is 10.9 Å². The van der Waals surface area contributed by atoms with Crippen LogP contribution in [0.3, 0.4) is 0 Å². The number of fused-ring (bicyclic) bond motifs is 1. The van der Waals surface area contributed by atoms with Gasteiger partial charge in [0.15, 0.2) is 17.5 Å². The molecule has 0 unspecified atom stereocenters. The van der Waals surface area contributed by atoms with E-state index in [0.717, 1.165) is 23.0 Å². The minimum Gasteiger partial charge on any atom is -0.355 e. The summed E-state index contributed by atoms with van der Waals surface area (Å²) in [5, 5.41) is 7.33. The van der Waals surface area contributed by atoms with E-state index in [2.05, 4.69) is 20.6 Å². The van der Waals surface area contributed by atoms with Gasteiger partial charge in [0, 0.05) is 55.9 Å². The topological polar surface area (TPSA) is 106 Å². The van der Waals surface area contributed by atoms with Crippen LogP contribution >= 0.6 is 0 Å². The normalized spacial score (nSPS) is 12.7. The van der Waals surface area contributed by atoms with Gasteiger partial charge in [0.05, 0.1) is 34.0 Å². The quantitative estimate of drug-likeness (QED) is 0.423. The molecule has 4 heterocycles. The minimum absolute atomic E-state index is 0.00693. The van der Waals surface area contributed by atoms with Crippen LogP contribution in [0.5, 0.6) is 0 Å². The predicted molar refractivity (Wildman–Crippen MR) is 116 cm³/mol. The van der Waals surface area contributed by atoms with Gasteiger partial charge in [0.2, 0.25) is 0 Å². The van der Waals surface area contributed by atoms with Gasteiger partial charge in [-0.25, -0.2) is 23.1 Å². The maximum Gasteiger partial charge on any atom is 0.262 e. The molecule has 0 aromatic carbocycles. The number of rotatable bonds is 5. The smallest absolute Gasteiger partial charge is 0.262 e. The summed E-state index contributed by atoms with van der Waals surface area (Å²) in [6, 6.07) is 2.05. The molecule has 0 aliphatic carbocycles. The third-order valence-electron chi connectivity index (χ3n) is 4.85. The van der Waals surface area contributed by atoms with Gasteiger partial charge in [-0.05, 0) is 0 Å². The van der Waals surface area contributed by atoms with Crippen LogP contribution in [0.15, 0.2) is 41.7 Å². The lowest BCUT2D eigenvalue weighted by molar-refractivity contribution is 0.0963. The van der Waals surface area contributed by atoms with Crippen LogP contribution in [0.4, 0.5) is 36.2 Å². The molecule has 0 saturated carbocycles. The predicted octanol–water partition coefficient (Wildman–Crippen LogP) is 2.93. The fraction of sp³-hybridized carbons (Fsp3) is 0.143. The summed E-state index contributed by atoms with van der Waals surface area (Å²) in [6.07, 6.45) is 4.16. The molecule has 33 heavy (non-hydrogen) atoms. The lowest BCUT2D eigenvalue weighted by atomic mass is 10.2. The number of nitrogens with one attached hydrogen (secondary N) is 3. The van der Waals surface area contributed by atoms with Crippen LogP contribution in [0.1, 0.15) is 14.5 Å². The Kier molecular flexibility index (Phi) is 4.59. The van der Waals surface area contributed by atoms with Crippen LogP contribution < -0.4 is 21.5 Å². The van der Waals surface area contributed by atoms with Gasteiger partial charge in [0.1, 0.15) is 11.6 Å². The van der Waals surface area contributed by atoms with Crippen molar-refractivity contribution in [2.45, 2.75) is 0 Å². The first kappa shape index (κ1) is 18.2. The van der Waals surface area contributed by atoms with E-state index < -0.39 is 35.9 Å². The Balaban J connectivity index is 1.82. The molecule has 4 rings (SSSR count). The van der Waals surface area contributed by atoms with E-state index in [1.807, 2.05) is 5.32 Å². The lowest BCUT2D eigenvalue weighted by Gasteiger charge is -2.13. The third kappa shape index (κ3) is 3.97. The standard InChI is InChI=1S/C21H18F3N7O2/c1-25-20(32)10-6-26-17(29-16-4-11(22)12(23)7-27-16)5-14(10)28-15-9-30(2)19-13(24)8-31(3)21(33)18(15)19/h4-9H,1-3H3,(H,25,32)(H2,26,27,28,29)/i1D3. The fourth-order valence-electron chi connectivity index (χ4n) is 3.33. The fourth-order valence-corrected chi connectivity index (χ4v) is 3.33. The number of hydrogen-bond donors (Lipinski definition) is 3. The van der Waals surface area contributed by atoms with Crippen molar-refractivity contribution in [1.29, 1.82) is 0 Å². The number of amides is 1. The van der Waals surface area contributed by atoms with E-state index in [1.165, 1.54) is 30.9 Å². The van der Waals surface area contributed by atoms with Gasteiger partial charge < -0.3 is 25.1 Å². The molecule has 1 amide bonds. The number of aryl methyl sites for hydroxylation is 2. The van der Waals surface area contributed by atoms with E-state index in [0.29, 0.717) is 6.20 Å². The van der Waals surface area contributed by atoms with Gasteiger partial charge in [-0.1, -0.05) is 0 Å². The van der Waals surface area contributed by atoms with Crippen LogP contribution in [0.2, 0.25) is 0 Å². The number of halogens is 3. The molecule has 4 aromatic heterocycles. The van der Waals surface area contributed by atoms with Crippen molar-refractivity contribution in [2.75, 3.05) is 17.6 Å². The molecular formula is C21H18F3N7O2. The molecule has 0 spiro atoms. The minimum atomic E-state index is -2.81. The Labute approximate surface area is 189 Å². The molecule has 0 aliphatic rings. The highest BCUT2D eigenvalue weighted by molar-refractivity contribution is 6.02. The maximum atomic E-state index is 14.6. The summed E-state index contributed by atoms with van der Waals surface area (Å²) in [5.41, 5.74) is -0.636. The summed E-state index contributed by atoms with van der Waals surface area (Å²) in [6.45, 7) is -2.81. The van der Waals surface area contributed by atoms with Crippen molar-refractivity contribution >= 4 is 39.8 Å². The van der Waals surface area contributed by atoms with Crippen LogP contribution in [-0.4, -0.2) is 32.0 Å². The zero-order valence-corrected chi connectivity index (χ0v) is 17.2. The van der Waals surface area contributed by atoms with Gasteiger partial charge in [0.25, 0.3) is 11.5 Å². The molecule has 9 nitrogen and oxygen atoms in total. The first-order valence-electron chi connectivity index (χ1n) is 10.9. The van der Waals surface area contributed by atoms with E-state index in [1.54, 1.807) is 0 Å². The van der Waals surface area contributed by atoms with Crippen molar-refractivity contribution < 1.29 is 22.1 Å². The van der Waals surface area contributed by atoms with E-state index >= 15 is 0 Å². The van der Waals surface area contributed by atoms with E-state index in [-0.39, 0.29) is 39.5 Å². The maximum absolute atomic E-state index is 14.6. The third-order valence-corrected chi connectivity index (χ3v) is 4.85. The second kappa shape index (κ2) is 8.30. The number of pyridine rings is 3. The molecule has 0 saturated heterocycles. The molecule has 0 aliphatic heterocycles. The molecule has 0 atom stereocenters. The molecular weight excluding hydrogens is 439 g/mol. The van der Waals surface area contributed by atoms with Gasteiger partial charge in [-0.2, -0.15) is 0 Å². The molecule has 3 N–H and O–H groups in total. The van der Waals surface area contributed by atoms with Crippen molar-refractivity contribution in [3.8, 4) is 0 Å². The Morgan fingerprint density at radius 1 is 0.939 bits per heavy atom. The summed E-state index contributed by atoms with van der Waals surface area (Å²) in [4.78, 5) is 33.1. The second-order valence-electron chi connectivity index (χ2n) is 7.07. The highest BCUT2D eigenvalue weighted by Crippen LogP contribution is 2.30. The zero-order chi connectivity index (χ0) is 26.4. The highest BCUT2D eigenvalue weighted by Gasteiger charge is 2.19. The zero-order valence-electron chi connectivity index (χ0n) is 20.2. The number of nitrogens with zero attached hydrogens (tertiary/aromatic N) is 4. The lowest BCUT2D eigenvalue weighted by Crippen LogP contribution is -2.20.